The fraction of sp³-hybridized carbons (Fsp3) is 0.611. The molecule has 3 N–H and O–H groups in total. The van der Waals surface area contributed by atoms with Crippen LogP contribution in [0.2, 0.25) is 0 Å². The lowest BCUT2D eigenvalue weighted by atomic mass is 10.1. The van der Waals surface area contributed by atoms with E-state index in [9.17, 15) is 8.42 Å². The van der Waals surface area contributed by atoms with E-state index in [0.29, 0.717) is 24.1 Å². The van der Waals surface area contributed by atoms with E-state index in [1.165, 1.54) is 0 Å². The Bertz CT molecular complexity index is 729. The number of sulfonamides is 1. The first-order valence-electron chi connectivity index (χ1n) is 8.79. The third-order valence-electron chi connectivity index (χ3n) is 3.89. The van der Waals surface area contributed by atoms with Crippen LogP contribution in [-0.2, 0) is 16.6 Å². The van der Waals surface area contributed by atoms with E-state index < -0.39 is 15.6 Å². The zero-order valence-electron chi connectivity index (χ0n) is 16.2. The molecule has 2 rings (SSSR count). The monoisotopic (exact) mass is 494 g/mol. The Labute approximate surface area is 174 Å². The van der Waals surface area contributed by atoms with Gasteiger partial charge in [-0.3, -0.25) is 0 Å². The second kappa shape index (κ2) is 9.36. The third kappa shape index (κ3) is 7.03. The highest BCUT2D eigenvalue weighted by Crippen LogP contribution is 2.28. The van der Waals surface area contributed by atoms with Crippen molar-refractivity contribution >= 4 is 40.0 Å². The second-order valence-electron chi connectivity index (χ2n) is 7.62. The number of guanidine groups is 1. The summed E-state index contributed by atoms with van der Waals surface area (Å²) in [5, 5.41) is 6.60. The van der Waals surface area contributed by atoms with E-state index >= 15 is 0 Å². The summed E-state index contributed by atoms with van der Waals surface area (Å²) >= 11 is 0. The Kier molecular flexibility index (Phi) is 8.34. The quantitative estimate of drug-likeness (QED) is 0.323. The highest BCUT2D eigenvalue weighted by Gasteiger charge is 2.33. The first-order valence-corrected chi connectivity index (χ1v) is 10.3. The van der Waals surface area contributed by atoms with Gasteiger partial charge < -0.3 is 10.6 Å². The molecular formula is C18H31IN4O2S. The summed E-state index contributed by atoms with van der Waals surface area (Å²) in [6.07, 6.45) is 1.14. The Hall–Kier alpha value is -0.870. The standard InChI is InChI=1S/C18H30N4O2S.HI/c1-6-19-17(21-15-11-13(15)2)20-12-14-9-7-8-10-16(14)25(23,24)22-18(3,4)5;/h7-10,13,15,22H,6,11-12H2,1-5H3,(H2,19,20,21);1H. The summed E-state index contributed by atoms with van der Waals surface area (Å²) in [6.45, 7) is 10.8. The van der Waals surface area contributed by atoms with Crippen LogP contribution in [0.5, 0.6) is 0 Å². The predicted octanol–water partition coefficient (Wildman–Crippen LogP) is 2.84. The minimum Gasteiger partial charge on any atom is -0.357 e. The van der Waals surface area contributed by atoms with Crippen LogP contribution in [-0.4, -0.2) is 32.5 Å². The molecular weight excluding hydrogens is 463 g/mol. The maximum Gasteiger partial charge on any atom is 0.241 e. The molecule has 1 aliphatic rings. The van der Waals surface area contributed by atoms with E-state index in [1.807, 2.05) is 39.8 Å². The van der Waals surface area contributed by atoms with Crippen molar-refractivity contribution in [1.29, 1.82) is 0 Å². The Morgan fingerprint density at radius 2 is 1.88 bits per heavy atom. The number of benzene rings is 1. The molecule has 0 bridgehead atoms. The number of hydrogen-bond donors (Lipinski definition) is 3. The van der Waals surface area contributed by atoms with E-state index in [2.05, 4.69) is 27.3 Å². The van der Waals surface area contributed by atoms with Gasteiger partial charge in [0.1, 0.15) is 0 Å². The lowest BCUT2D eigenvalue weighted by molar-refractivity contribution is 0.491. The van der Waals surface area contributed by atoms with Gasteiger partial charge in [0.25, 0.3) is 0 Å². The minimum absolute atomic E-state index is 0. The summed E-state index contributed by atoms with van der Waals surface area (Å²) in [4.78, 5) is 4.85. The largest absolute Gasteiger partial charge is 0.357 e. The van der Waals surface area contributed by atoms with Crippen molar-refractivity contribution in [1.82, 2.24) is 15.4 Å². The fourth-order valence-electron chi connectivity index (χ4n) is 2.54. The molecule has 1 aromatic carbocycles. The minimum atomic E-state index is -3.59. The Morgan fingerprint density at radius 1 is 1.27 bits per heavy atom. The number of rotatable bonds is 6. The number of nitrogens with zero attached hydrogens (tertiary/aromatic N) is 1. The maximum absolute atomic E-state index is 12.7. The molecule has 2 atom stereocenters. The molecule has 148 valence electrons. The van der Waals surface area contributed by atoms with Crippen molar-refractivity contribution in [2.75, 3.05) is 6.54 Å². The number of aliphatic imine (C=N–C) groups is 1. The molecule has 0 amide bonds. The third-order valence-corrected chi connectivity index (χ3v) is 5.74. The summed E-state index contributed by atoms with van der Waals surface area (Å²) in [5.41, 5.74) is 0.147. The van der Waals surface area contributed by atoms with Gasteiger partial charge in [0.2, 0.25) is 10.0 Å². The molecule has 0 radical (unpaired) electrons. The van der Waals surface area contributed by atoms with Crippen molar-refractivity contribution in [2.24, 2.45) is 10.9 Å². The van der Waals surface area contributed by atoms with Crippen molar-refractivity contribution in [2.45, 2.75) is 64.1 Å². The molecule has 2 unspecified atom stereocenters. The number of halogens is 1. The molecule has 26 heavy (non-hydrogen) atoms. The fourth-order valence-corrected chi connectivity index (χ4v) is 4.19. The van der Waals surface area contributed by atoms with E-state index in [-0.39, 0.29) is 28.9 Å². The number of nitrogens with one attached hydrogen (secondary N) is 3. The van der Waals surface area contributed by atoms with Gasteiger partial charge >= 0.3 is 0 Å². The van der Waals surface area contributed by atoms with Gasteiger partial charge in [-0.05, 0) is 51.7 Å². The predicted molar refractivity (Wildman–Crippen MR) is 117 cm³/mol. The molecule has 1 aliphatic carbocycles. The van der Waals surface area contributed by atoms with Crippen LogP contribution in [0.3, 0.4) is 0 Å². The highest BCUT2D eigenvalue weighted by atomic mass is 127. The highest BCUT2D eigenvalue weighted by molar-refractivity contribution is 14.0. The number of hydrogen-bond acceptors (Lipinski definition) is 3. The van der Waals surface area contributed by atoms with Crippen molar-refractivity contribution in [3.8, 4) is 0 Å². The molecule has 8 heteroatoms. The van der Waals surface area contributed by atoms with Gasteiger partial charge in [0.05, 0.1) is 11.4 Å². The lowest BCUT2D eigenvalue weighted by Crippen LogP contribution is -2.41. The second-order valence-corrected chi connectivity index (χ2v) is 9.27. The van der Waals surface area contributed by atoms with E-state index in [1.54, 1.807) is 12.1 Å². The summed E-state index contributed by atoms with van der Waals surface area (Å²) < 4.78 is 28.1. The zero-order valence-corrected chi connectivity index (χ0v) is 19.3. The molecule has 0 aliphatic heterocycles. The maximum atomic E-state index is 12.7. The van der Waals surface area contributed by atoms with Crippen LogP contribution in [0.4, 0.5) is 0 Å². The summed E-state index contributed by atoms with van der Waals surface area (Å²) in [6, 6.07) is 7.47. The van der Waals surface area contributed by atoms with Gasteiger partial charge in [-0.1, -0.05) is 25.1 Å². The van der Waals surface area contributed by atoms with Crippen molar-refractivity contribution in [3.63, 3.8) is 0 Å². The van der Waals surface area contributed by atoms with Crippen LogP contribution < -0.4 is 15.4 Å². The van der Waals surface area contributed by atoms with Crippen LogP contribution in [0.1, 0.15) is 46.6 Å². The van der Waals surface area contributed by atoms with Crippen molar-refractivity contribution in [3.05, 3.63) is 29.8 Å². The van der Waals surface area contributed by atoms with Gasteiger partial charge in [-0.25, -0.2) is 18.1 Å². The SMILES string of the molecule is CCNC(=NCc1ccccc1S(=O)(=O)NC(C)(C)C)NC1CC1C.I. The molecule has 0 spiro atoms. The van der Waals surface area contributed by atoms with Gasteiger partial charge in [0.15, 0.2) is 5.96 Å². The molecule has 1 saturated carbocycles. The topological polar surface area (TPSA) is 82.6 Å². The van der Waals surface area contributed by atoms with E-state index in [0.717, 1.165) is 18.9 Å². The normalized spacial score (nSPS) is 20.3. The van der Waals surface area contributed by atoms with E-state index in [4.69, 9.17) is 0 Å². The smallest absolute Gasteiger partial charge is 0.241 e. The van der Waals surface area contributed by atoms with Crippen LogP contribution >= 0.6 is 24.0 Å². The van der Waals surface area contributed by atoms with Crippen LogP contribution in [0, 0.1) is 5.92 Å². The summed E-state index contributed by atoms with van der Waals surface area (Å²) in [7, 11) is -3.59. The zero-order chi connectivity index (χ0) is 18.7. The summed E-state index contributed by atoms with van der Waals surface area (Å²) in [5.74, 6) is 1.39. The molecule has 1 fully saturated rings. The molecule has 0 heterocycles. The van der Waals surface area contributed by atoms with Gasteiger partial charge in [-0.15, -0.1) is 24.0 Å². The van der Waals surface area contributed by atoms with Crippen LogP contribution in [0.15, 0.2) is 34.2 Å². The van der Waals surface area contributed by atoms with Gasteiger partial charge in [-0.2, -0.15) is 0 Å². The molecule has 0 aromatic heterocycles. The van der Waals surface area contributed by atoms with Crippen LogP contribution in [0.25, 0.3) is 0 Å². The average Bonchev–Trinajstić information content (AvgIpc) is 3.18. The lowest BCUT2D eigenvalue weighted by Gasteiger charge is -2.21. The first-order chi connectivity index (χ1) is 11.6. The molecule has 1 aromatic rings. The Balaban J connectivity index is 0.00000338. The molecule has 6 nitrogen and oxygen atoms in total. The van der Waals surface area contributed by atoms with Crippen molar-refractivity contribution < 1.29 is 8.42 Å². The first kappa shape index (κ1) is 23.2. The van der Waals surface area contributed by atoms with Gasteiger partial charge in [0, 0.05) is 18.1 Å². The average molecular weight is 494 g/mol. The Morgan fingerprint density at radius 3 is 2.42 bits per heavy atom. The molecule has 0 saturated heterocycles.